The van der Waals surface area contributed by atoms with E-state index in [-0.39, 0.29) is 11.3 Å². The van der Waals surface area contributed by atoms with Gasteiger partial charge in [0.05, 0.1) is 16.7 Å². The van der Waals surface area contributed by atoms with Gasteiger partial charge in [-0.15, -0.1) is 0 Å². The zero-order valence-electron chi connectivity index (χ0n) is 23.2. The number of hydrogen-bond donors (Lipinski definition) is 1. The van der Waals surface area contributed by atoms with Crippen LogP contribution in [0.15, 0.2) is 48.5 Å². The van der Waals surface area contributed by atoms with Crippen molar-refractivity contribution >= 4 is 27.8 Å². The Morgan fingerprint density at radius 2 is 1.62 bits per heavy atom. The number of carbonyl (C=O) groups excluding carboxylic acids is 1. The van der Waals surface area contributed by atoms with E-state index < -0.39 is 0 Å². The smallest absolute Gasteiger partial charge is 0.220 e. The highest BCUT2D eigenvalue weighted by Crippen LogP contribution is 2.32. The molecule has 0 saturated carbocycles. The van der Waals surface area contributed by atoms with Crippen molar-refractivity contribution in [1.82, 2.24) is 19.9 Å². The number of rotatable bonds is 11. The van der Waals surface area contributed by atoms with Crippen LogP contribution in [0.3, 0.4) is 0 Å². The van der Waals surface area contributed by atoms with Gasteiger partial charge in [0.2, 0.25) is 5.91 Å². The third-order valence-electron chi connectivity index (χ3n) is 6.80. The highest BCUT2D eigenvalue weighted by atomic mass is 16.1. The molecule has 1 N–H and O–H groups in total. The van der Waals surface area contributed by atoms with E-state index in [4.69, 9.17) is 9.97 Å². The van der Waals surface area contributed by atoms with Crippen molar-refractivity contribution in [2.45, 2.75) is 92.7 Å². The molecule has 196 valence electrons. The van der Waals surface area contributed by atoms with Gasteiger partial charge in [0.1, 0.15) is 11.3 Å². The van der Waals surface area contributed by atoms with Crippen LogP contribution in [0.4, 0.5) is 0 Å². The summed E-state index contributed by atoms with van der Waals surface area (Å²) < 4.78 is 2.42. The lowest BCUT2D eigenvalue weighted by Gasteiger charge is -2.18. The highest BCUT2D eigenvalue weighted by Gasteiger charge is 2.22. The standard InChI is InChI=1S/C32H42N4O/c1-6-8-14-28-35-30-27(20-32(3,4)5)34-26-13-11-10-12-25(26)31(30)36(28)22-24-18-16-23(17-19-24)21-33-29(37)15-9-7-2/h10-13,16-19H,6-9,14-15,20-22H2,1-5H3,(H,33,37). The van der Waals surface area contributed by atoms with Crippen molar-refractivity contribution in [2.24, 2.45) is 5.41 Å². The number of aromatic nitrogens is 3. The normalized spacial score (nSPS) is 11.9. The molecule has 0 aliphatic carbocycles. The Balaban J connectivity index is 1.70. The van der Waals surface area contributed by atoms with E-state index in [1.54, 1.807) is 0 Å². The molecule has 0 atom stereocenters. The molecule has 2 aromatic heterocycles. The summed E-state index contributed by atoms with van der Waals surface area (Å²) in [5, 5.41) is 4.20. The fourth-order valence-corrected chi connectivity index (χ4v) is 4.84. The van der Waals surface area contributed by atoms with Crippen LogP contribution in [-0.2, 0) is 30.7 Å². The number of nitrogens with zero attached hydrogens (tertiary/aromatic N) is 3. The number of carbonyl (C=O) groups is 1. The van der Waals surface area contributed by atoms with E-state index in [2.05, 4.69) is 93.0 Å². The van der Waals surface area contributed by atoms with Crippen LogP contribution in [0.2, 0.25) is 0 Å². The lowest BCUT2D eigenvalue weighted by atomic mass is 9.89. The van der Waals surface area contributed by atoms with Crippen molar-refractivity contribution in [2.75, 3.05) is 0 Å². The van der Waals surface area contributed by atoms with Gasteiger partial charge in [0.25, 0.3) is 0 Å². The van der Waals surface area contributed by atoms with Gasteiger partial charge in [0.15, 0.2) is 0 Å². The lowest BCUT2D eigenvalue weighted by molar-refractivity contribution is -0.121. The summed E-state index contributed by atoms with van der Waals surface area (Å²) in [6.45, 7) is 12.5. The van der Waals surface area contributed by atoms with Crippen LogP contribution in [0, 0.1) is 5.41 Å². The third kappa shape index (κ3) is 6.76. The maximum absolute atomic E-state index is 12.0. The first-order chi connectivity index (χ1) is 17.8. The van der Waals surface area contributed by atoms with Gasteiger partial charge < -0.3 is 9.88 Å². The number of hydrogen-bond acceptors (Lipinski definition) is 3. The minimum atomic E-state index is 0.123. The van der Waals surface area contributed by atoms with E-state index in [1.165, 1.54) is 11.1 Å². The molecule has 5 nitrogen and oxygen atoms in total. The Morgan fingerprint density at radius 1 is 0.919 bits per heavy atom. The van der Waals surface area contributed by atoms with E-state index in [9.17, 15) is 4.79 Å². The van der Waals surface area contributed by atoms with Gasteiger partial charge in [0, 0.05) is 31.3 Å². The van der Waals surface area contributed by atoms with E-state index >= 15 is 0 Å². The van der Waals surface area contributed by atoms with Gasteiger partial charge in [-0.25, -0.2) is 4.98 Å². The second kappa shape index (κ2) is 11.9. The lowest BCUT2D eigenvalue weighted by Crippen LogP contribution is -2.22. The number of aryl methyl sites for hydroxylation is 1. The average Bonchev–Trinajstić information content (AvgIpc) is 3.23. The molecule has 2 heterocycles. The van der Waals surface area contributed by atoms with Gasteiger partial charge in [-0.2, -0.15) is 0 Å². The molecular formula is C32H42N4O. The summed E-state index contributed by atoms with van der Waals surface area (Å²) in [5.74, 6) is 1.26. The summed E-state index contributed by atoms with van der Waals surface area (Å²) in [4.78, 5) is 22.3. The minimum absolute atomic E-state index is 0.123. The first-order valence-corrected chi connectivity index (χ1v) is 13.9. The fraction of sp³-hybridized carbons (Fsp3) is 0.469. The van der Waals surface area contributed by atoms with Crippen LogP contribution < -0.4 is 5.32 Å². The molecule has 0 aliphatic heterocycles. The number of imidazole rings is 1. The molecule has 0 saturated heterocycles. The number of nitrogens with one attached hydrogen (secondary N) is 1. The Kier molecular flexibility index (Phi) is 8.63. The van der Waals surface area contributed by atoms with Crippen molar-refractivity contribution in [3.63, 3.8) is 0 Å². The largest absolute Gasteiger partial charge is 0.352 e. The van der Waals surface area contributed by atoms with Crippen LogP contribution in [0.5, 0.6) is 0 Å². The van der Waals surface area contributed by atoms with E-state index in [0.29, 0.717) is 13.0 Å². The molecule has 0 bridgehead atoms. The fourth-order valence-electron chi connectivity index (χ4n) is 4.84. The molecular weight excluding hydrogens is 456 g/mol. The van der Waals surface area contributed by atoms with Crippen LogP contribution in [-0.4, -0.2) is 20.4 Å². The van der Waals surface area contributed by atoms with Crippen LogP contribution in [0.1, 0.15) is 89.4 Å². The highest BCUT2D eigenvalue weighted by molar-refractivity contribution is 6.03. The molecule has 4 rings (SSSR count). The monoisotopic (exact) mass is 498 g/mol. The van der Waals surface area contributed by atoms with Gasteiger partial charge in [-0.05, 0) is 41.9 Å². The second-order valence-corrected chi connectivity index (χ2v) is 11.4. The maximum Gasteiger partial charge on any atom is 0.220 e. The minimum Gasteiger partial charge on any atom is -0.352 e. The van der Waals surface area contributed by atoms with Crippen LogP contribution in [0.25, 0.3) is 21.9 Å². The topological polar surface area (TPSA) is 59.8 Å². The molecule has 1 amide bonds. The Hall–Kier alpha value is -3.21. The maximum atomic E-state index is 12.0. The Bertz CT molecular complexity index is 1350. The van der Waals surface area contributed by atoms with Gasteiger partial charge >= 0.3 is 0 Å². The summed E-state index contributed by atoms with van der Waals surface area (Å²) >= 11 is 0. The van der Waals surface area contributed by atoms with Crippen molar-refractivity contribution in [3.8, 4) is 0 Å². The molecule has 0 aliphatic rings. The summed E-state index contributed by atoms with van der Waals surface area (Å²) in [7, 11) is 0. The predicted molar refractivity (Wildman–Crippen MR) is 154 cm³/mol. The number of unbranched alkanes of at least 4 members (excludes halogenated alkanes) is 2. The van der Waals surface area contributed by atoms with Crippen LogP contribution >= 0.6 is 0 Å². The third-order valence-corrected chi connectivity index (χ3v) is 6.80. The number of para-hydroxylation sites is 1. The number of benzene rings is 2. The summed E-state index contributed by atoms with van der Waals surface area (Å²) in [6.07, 6.45) is 6.66. The molecule has 5 heteroatoms. The van der Waals surface area contributed by atoms with Crippen molar-refractivity contribution in [1.29, 1.82) is 0 Å². The summed E-state index contributed by atoms with van der Waals surface area (Å²) in [5.41, 5.74) is 6.85. The summed E-state index contributed by atoms with van der Waals surface area (Å²) in [6, 6.07) is 17.1. The quantitative estimate of drug-likeness (QED) is 0.235. The zero-order valence-corrected chi connectivity index (χ0v) is 23.2. The van der Waals surface area contributed by atoms with E-state index in [1.807, 2.05) is 0 Å². The SMILES string of the molecule is CCCCC(=O)NCc1ccc(Cn2c(CCCC)nc3c(CC(C)(C)C)nc4ccccc4c32)cc1. The Morgan fingerprint density at radius 3 is 2.32 bits per heavy atom. The number of pyridine rings is 1. The number of amides is 1. The Labute approximate surface area is 221 Å². The van der Waals surface area contributed by atoms with Crippen molar-refractivity contribution < 1.29 is 4.79 Å². The van der Waals surface area contributed by atoms with E-state index in [0.717, 1.165) is 78.6 Å². The zero-order chi connectivity index (χ0) is 26.4. The van der Waals surface area contributed by atoms with Gasteiger partial charge in [-0.3, -0.25) is 9.78 Å². The first-order valence-electron chi connectivity index (χ1n) is 13.9. The molecule has 0 spiro atoms. The van der Waals surface area contributed by atoms with Crippen molar-refractivity contribution in [3.05, 3.63) is 71.2 Å². The average molecular weight is 499 g/mol. The van der Waals surface area contributed by atoms with Gasteiger partial charge in [-0.1, -0.05) is 89.9 Å². The second-order valence-electron chi connectivity index (χ2n) is 11.4. The first kappa shape index (κ1) is 26.8. The number of fused-ring (bicyclic) bond motifs is 3. The predicted octanol–water partition coefficient (Wildman–Crippen LogP) is 7.37. The molecule has 37 heavy (non-hydrogen) atoms. The molecule has 0 unspecified atom stereocenters. The molecule has 0 fully saturated rings. The molecule has 2 aromatic carbocycles. The molecule has 4 aromatic rings. The molecule has 0 radical (unpaired) electrons.